The van der Waals surface area contributed by atoms with E-state index in [4.69, 9.17) is 5.73 Å². The Morgan fingerprint density at radius 2 is 1.69 bits per heavy atom. The van der Waals surface area contributed by atoms with Crippen molar-refractivity contribution in [3.05, 3.63) is 0 Å². The molecular weight excluding hydrogens is 219 g/mol. The first-order chi connectivity index (χ1) is 7.36. The van der Waals surface area contributed by atoms with Crippen LogP contribution in [0.3, 0.4) is 0 Å². The van der Waals surface area contributed by atoms with Crippen molar-refractivity contribution in [2.24, 2.45) is 5.73 Å². The minimum absolute atomic E-state index is 0.444. The van der Waals surface area contributed by atoms with Gasteiger partial charge in [-0.1, -0.05) is 6.92 Å². The molecule has 0 radical (unpaired) electrons. The summed E-state index contributed by atoms with van der Waals surface area (Å²) in [5, 5.41) is 0. The molecule has 1 aliphatic heterocycles. The lowest BCUT2D eigenvalue weighted by molar-refractivity contribution is -0.191. The molecule has 1 saturated heterocycles. The fourth-order valence-electron chi connectivity index (χ4n) is 2.20. The maximum atomic E-state index is 12.8. The number of hydrogen-bond acceptors (Lipinski definition) is 3. The van der Waals surface area contributed by atoms with Crippen molar-refractivity contribution in [3.63, 3.8) is 0 Å². The van der Waals surface area contributed by atoms with Crippen LogP contribution in [0, 0.1) is 0 Å². The lowest BCUT2D eigenvalue weighted by Gasteiger charge is -2.41. The first kappa shape index (κ1) is 13.7. The Morgan fingerprint density at radius 3 is 2.00 bits per heavy atom. The number of likely N-dealkylation sites (N-methyl/N-ethyl adjacent to an activating group) is 1. The third kappa shape index (κ3) is 3.33. The fraction of sp³-hybridized carbons (Fsp3) is 1.00. The fourth-order valence-corrected chi connectivity index (χ4v) is 2.20. The Morgan fingerprint density at radius 1 is 1.19 bits per heavy atom. The summed E-state index contributed by atoms with van der Waals surface area (Å²) < 4.78 is 38.4. The molecule has 0 spiro atoms. The van der Waals surface area contributed by atoms with Gasteiger partial charge in [0, 0.05) is 32.2 Å². The van der Waals surface area contributed by atoms with Crippen LogP contribution in [0.1, 0.15) is 13.8 Å². The predicted molar refractivity (Wildman–Crippen MR) is 57.2 cm³/mol. The lowest BCUT2D eigenvalue weighted by Crippen LogP contribution is -2.60. The molecule has 1 fully saturated rings. The Balaban J connectivity index is 2.61. The van der Waals surface area contributed by atoms with Crippen LogP contribution in [0.25, 0.3) is 0 Å². The second-order valence-corrected chi connectivity index (χ2v) is 4.32. The highest BCUT2D eigenvalue weighted by molar-refractivity contribution is 4.88. The minimum Gasteiger partial charge on any atom is -0.326 e. The van der Waals surface area contributed by atoms with E-state index in [9.17, 15) is 13.2 Å². The van der Waals surface area contributed by atoms with Gasteiger partial charge in [-0.15, -0.1) is 0 Å². The van der Waals surface area contributed by atoms with E-state index in [2.05, 4.69) is 4.90 Å². The van der Waals surface area contributed by atoms with Gasteiger partial charge in [0.25, 0.3) is 0 Å². The van der Waals surface area contributed by atoms with Gasteiger partial charge >= 0.3 is 6.18 Å². The topological polar surface area (TPSA) is 32.5 Å². The molecule has 1 heterocycles. The molecule has 16 heavy (non-hydrogen) atoms. The molecule has 0 aromatic heterocycles. The van der Waals surface area contributed by atoms with Gasteiger partial charge in [0.05, 0.1) is 0 Å². The maximum absolute atomic E-state index is 12.8. The number of alkyl halides is 3. The SMILES string of the molecule is CCN1CCN(C(C(C)N)C(F)(F)F)CC1. The Bertz CT molecular complexity index is 210. The van der Waals surface area contributed by atoms with Gasteiger partial charge in [0.15, 0.2) is 0 Å². The van der Waals surface area contributed by atoms with E-state index in [1.165, 1.54) is 11.8 Å². The number of hydrogen-bond donors (Lipinski definition) is 1. The zero-order chi connectivity index (χ0) is 12.3. The molecule has 3 nitrogen and oxygen atoms in total. The van der Waals surface area contributed by atoms with E-state index >= 15 is 0 Å². The van der Waals surface area contributed by atoms with Crippen LogP contribution in [0.4, 0.5) is 13.2 Å². The summed E-state index contributed by atoms with van der Waals surface area (Å²) in [7, 11) is 0. The summed E-state index contributed by atoms with van der Waals surface area (Å²) in [4.78, 5) is 3.60. The molecule has 96 valence electrons. The molecule has 1 rings (SSSR count). The predicted octanol–water partition coefficient (Wildman–Crippen LogP) is 0.902. The van der Waals surface area contributed by atoms with Gasteiger partial charge in [0.1, 0.15) is 6.04 Å². The van der Waals surface area contributed by atoms with Crippen molar-refractivity contribution in [1.29, 1.82) is 0 Å². The van der Waals surface area contributed by atoms with Crippen molar-refractivity contribution >= 4 is 0 Å². The third-order valence-corrected chi connectivity index (χ3v) is 3.08. The molecule has 2 N–H and O–H groups in total. The average Bonchev–Trinajstić information content (AvgIpc) is 2.16. The van der Waals surface area contributed by atoms with Crippen molar-refractivity contribution in [2.75, 3.05) is 32.7 Å². The third-order valence-electron chi connectivity index (χ3n) is 3.08. The number of nitrogens with two attached hydrogens (primary N) is 1. The second-order valence-electron chi connectivity index (χ2n) is 4.32. The number of halogens is 3. The van der Waals surface area contributed by atoms with E-state index in [-0.39, 0.29) is 0 Å². The van der Waals surface area contributed by atoms with Crippen LogP contribution in [0.15, 0.2) is 0 Å². The summed E-state index contributed by atoms with van der Waals surface area (Å²) >= 11 is 0. The smallest absolute Gasteiger partial charge is 0.326 e. The summed E-state index contributed by atoms with van der Waals surface area (Å²) in [6, 6.07) is -2.39. The molecular formula is C10H20F3N3. The van der Waals surface area contributed by atoms with Gasteiger partial charge in [-0.3, -0.25) is 4.90 Å². The largest absolute Gasteiger partial charge is 0.405 e. The van der Waals surface area contributed by atoms with Crippen LogP contribution in [0.2, 0.25) is 0 Å². The Labute approximate surface area is 94.4 Å². The molecule has 0 saturated carbocycles. The molecule has 6 heteroatoms. The van der Waals surface area contributed by atoms with Gasteiger partial charge in [0.2, 0.25) is 0 Å². The second kappa shape index (κ2) is 5.33. The molecule has 0 aliphatic carbocycles. The number of rotatable bonds is 3. The minimum atomic E-state index is -4.23. The summed E-state index contributed by atoms with van der Waals surface area (Å²) in [6.45, 7) is 6.60. The van der Waals surface area contributed by atoms with Crippen molar-refractivity contribution in [3.8, 4) is 0 Å². The normalized spacial score (nSPS) is 24.4. The molecule has 0 aromatic carbocycles. The molecule has 1 aliphatic rings. The number of nitrogens with zero attached hydrogens (tertiary/aromatic N) is 2. The highest BCUT2D eigenvalue weighted by Crippen LogP contribution is 2.27. The zero-order valence-corrected chi connectivity index (χ0v) is 9.80. The van der Waals surface area contributed by atoms with Gasteiger partial charge in [-0.2, -0.15) is 13.2 Å². The van der Waals surface area contributed by atoms with E-state index in [0.717, 1.165) is 6.54 Å². The van der Waals surface area contributed by atoms with E-state index in [0.29, 0.717) is 26.2 Å². The molecule has 2 unspecified atom stereocenters. The zero-order valence-electron chi connectivity index (χ0n) is 9.80. The summed E-state index contributed by atoms with van der Waals surface area (Å²) in [5.41, 5.74) is 5.45. The van der Waals surface area contributed by atoms with Gasteiger partial charge < -0.3 is 10.6 Å². The van der Waals surface area contributed by atoms with E-state index in [1.807, 2.05) is 6.92 Å². The van der Waals surface area contributed by atoms with Crippen molar-refractivity contribution < 1.29 is 13.2 Å². The summed E-state index contributed by atoms with van der Waals surface area (Å²) in [5.74, 6) is 0. The molecule has 0 bridgehead atoms. The van der Waals surface area contributed by atoms with Gasteiger partial charge in [-0.05, 0) is 13.5 Å². The van der Waals surface area contributed by atoms with Gasteiger partial charge in [-0.25, -0.2) is 0 Å². The number of piperazine rings is 1. The van der Waals surface area contributed by atoms with Crippen molar-refractivity contribution in [2.45, 2.75) is 32.1 Å². The van der Waals surface area contributed by atoms with E-state index < -0.39 is 18.3 Å². The quantitative estimate of drug-likeness (QED) is 0.794. The van der Waals surface area contributed by atoms with Crippen LogP contribution < -0.4 is 5.73 Å². The molecule has 2 atom stereocenters. The first-order valence-corrected chi connectivity index (χ1v) is 5.65. The lowest BCUT2D eigenvalue weighted by atomic mass is 10.1. The van der Waals surface area contributed by atoms with E-state index in [1.54, 1.807) is 0 Å². The van der Waals surface area contributed by atoms with Crippen LogP contribution in [0.5, 0.6) is 0 Å². The van der Waals surface area contributed by atoms with Crippen LogP contribution in [-0.4, -0.2) is 60.8 Å². The molecule has 0 amide bonds. The Hall–Kier alpha value is -0.330. The first-order valence-electron chi connectivity index (χ1n) is 5.65. The Kier molecular flexibility index (Phi) is 4.58. The highest BCUT2D eigenvalue weighted by atomic mass is 19.4. The monoisotopic (exact) mass is 239 g/mol. The summed E-state index contributed by atoms with van der Waals surface area (Å²) in [6.07, 6.45) is -4.23. The standard InChI is InChI=1S/C10H20F3N3/c1-3-15-4-6-16(7-5-15)9(8(2)14)10(11,12)13/h8-9H,3-7,14H2,1-2H3. The highest BCUT2D eigenvalue weighted by Gasteiger charge is 2.46. The van der Waals surface area contributed by atoms with Crippen LogP contribution in [-0.2, 0) is 0 Å². The average molecular weight is 239 g/mol. The molecule has 0 aromatic rings. The van der Waals surface area contributed by atoms with Crippen LogP contribution >= 0.6 is 0 Å². The van der Waals surface area contributed by atoms with Crippen molar-refractivity contribution in [1.82, 2.24) is 9.80 Å². The maximum Gasteiger partial charge on any atom is 0.405 e.